The zero-order valence-electron chi connectivity index (χ0n) is 14.1. The van der Waals surface area contributed by atoms with Crippen LogP contribution >= 0.6 is 35.3 Å². The van der Waals surface area contributed by atoms with Gasteiger partial charge in [-0.15, -0.1) is 24.0 Å². The fraction of sp³-hybridized carbons (Fsp3) is 0.667. The van der Waals surface area contributed by atoms with Gasteiger partial charge in [-0.25, -0.2) is 0 Å². The summed E-state index contributed by atoms with van der Waals surface area (Å²) in [7, 11) is 1.17. The van der Waals surface area contributed by atoms with Crippen LogP contribution in [-0.4, -0.2) is 45.7 Å². The maximum Gasteiger partial charge on any atom is 0.193 e. The lowest BCUT2D eigenvalue weighted by Crippen LogP contribution is -2.38. The number of nitrogens with one attached hydrogen (secondary N) is 1. The van der Waals surface area contributed by atoms with Crippen LogP contribution in [0.15, 0.2) is 21.8 Å². The van der Waals surface area contributed by atoms with E-state index in [0.717, 1.165) is 19.0 Å². The number of hydrogen-bond donors (Lipinski definition) is 1. The molecular formula is C15H28IN3OS2. The van der Waals surface area contributed by atoms with Gasteiger partial charge in [-0.1, -0.05) is 0 Å². The van der Waals surface area contributed by atoms with Crippen molar-refractivity contribution in [3.05, 3.63) is 22.4 Å². The highest BCUT2D eigenvalue weighted by atomic mass is 127. The van der Waals surface area contributed by atoms with Crippen LogP contribution in [0.5, 0.6) is 0 Å². The molecule has 1 unspecified atom stereocenters. The molecule has 0 aliphatic rings. The van der Waals surface area contributed by atoms with Gasteiger partial charge in [0.2, 0.25) is 0 Å². The Labute approximate surface area is 158 Å². The molecule has 1 N–H and O–H groups in total. The van der Waals surface area contributed by atoms with Crippen LogP contribution in [0.4, 0.5) is 0 Å². The van der Waals surface area contributed by atoms with Crippen molar-refractivity contribution in [2.24, 2.45) is 4.99 Å². The fourth-order valence-electron chi connectivity index (χ4n) is 1.74. The first kappa shape index (κ1) is 21.9. The lowest BCUT2D eigenvalue weighted by Gasteiger charge is -2.22. The van der Waals surface area contributed by atoms with Gasteiger partial charge in [0.25, 0.3) is 0 Å². The molecule has 7 heteroatoms. The second kappa shape index (κ2) is 10.6. The predicted molar refractivity (Wildman–Crippen MR) is 110 cm³/mol. The highest BCUT2D eigenvalue weighted by molar-refractivity contribution is 14.0. The van der Waals surface area contributed by atoms with Gasteiger partial charge in [-0.3, -0.25) is 9.20 Å². The average Bonchev–Trinajstić information content (AvgIpc) is 2.89. The minimum atomic E-state index is -0.854. The van der Waals surface area contributed by atoms with Gasteiger partial charge in [-0.2, -0.15) is 11.3 Å². The smallest absolute Gasteiger partial charge is 0.193 e. The molecule has 4 nitrogen and oxygen atoms in total. The van der Waals surface area contributed by atoms with Crippen molar-refractivity contribution in [3.63, 3.8) is 0 Å². The normalized spacial score (nSPS) is 13.4. The highest BCUT2D eigenvalue weighted by Gasteiger charge is 2.18. The van der Waals surface area contributed by atoms with Crippen molar-refractivity contribution in [2.45, 2.75) is 39.0 Å². The summed E-state index contributed by atoms with van der Waals surface area (Å²) in [6.07, 6.45) is 0. The first-order valence-corrected chi connectivity index (χ1v) is 9.49. The lowest BCUT2D eigenvalue weighted by molar-refractivity contribution is 0.478. The number of nitrogens with zero attached hydrogens (tertiary/aromatic N) is 2. The van der Waals surface area contributed by atoms with Crippen LogP contribution in [0.2, 0.25) is 0 Å². The van der Waals surface area contributed by atoms with E-state index >= 15 is 0 Å². The lowest BCUT2D eigenvalue weighted by atomic mass is 10.3. The van der Waals surface area contributed by atoms with Crippen LogP contribution in [0.3, 0.4) is 0 Å². The molecule has 0 aliphatic carbocycles. The molecule has 1 heterocycles. The van der Waals surface area contributed by atoms with Crippen molar-refractivity contribution < 1.29 is 4.21 Å². The Morgan fingerprint density at radius 2 is 2.14 bits per heavy atom. The Bertz CT molecular complexity index is 470. The summed E-state index contributed by atoms with van der Waals surface area (Å²) in [6, 6.07) is 2.12. The van der Waals surface area contributed by atoms with Crippen LogP contribution in [0.25, 0.3) is 0 Å². The monoisotopic (exact) mass is 457 g/mol. The largest absolute Gasteiger partial charge is 0.357 e. The molecule has 1 atom stereocenters. The predicted octanol–water partition coefficient (Wildman–Crippen LogP) is 3.31. The number of aliphatic imine (C=N–C) groups is 1. The highest BCUT2D eigenvalue weighted by Crippen LogP contribution is 2.11. The van der Waals surface area contributed by atoms with Crippen LogP contribution in [0.1, 0.15) is 33.3 Å². The molecule has 0 aromatic carbocycles. The Kier molecular flexibility index (Phi) is 10.5. The summed E-state index contributed by atoms with van der Waals surface area (Å²) in [5, 5.41) is 7.52. The van der Waals surface area contributed by atoms with Gasteiger partial charge in [0.05, 0.1) is 6.54 Å². The Morgan fingerprint density at radius 1 is 1.45 bits per heavy atom. The molecule has 0 saturated carbocycles. The van der Waals surface area contributed by atoms with Crippen LogP contribution < -0.4 is 5.32 Å². The zero-order chi connectivity index (χ0) is 15.9. The molecule has 0 amide bonds. The molecule has 0 bridgehead atoms. The minimum absolute atomic E-state index is 0. The van der Waals surface area contributed by atoms with Crippen LogP contribution in [0, 0.1) is 0 Å². The average molecular weight is 457 g/mol. The molecule has 0 aliphatic heterocycles. The topological polar surface area (TPSA) is 44.7 Å². The van der Waals surface area contributed by atoms with E-state index < -0.39 is 10.8 Å². The maximum absolute atomic E-state index is 12.0. The summed E-state index contributed by atoms with van der Waals surface area (Å²) < 4.78 is 11.9. The van der Waals surface area contributed by atoms with E-state index in [1.165, 1.54) is 5.56 Å². The van der Waals surface area contributed by atoms with E-state index in [0.29, 0.717) is 12.3 Å². The van der Waals surface area contributed by atoms with E-state index in [4.69, 9.17) is 0 Å². The third-order valence-corrected chi connectivity index (χ3v) is 5.57. The molecular weight excluding hydrogens is 429 g/mol. The number of hydrogen-bond acceptors (Lipinski definition) is 3. The van der Waals surface area contributed by atoms with Crippen molar-refractivity contribution in [3.8, 4) is 0 Å². The van der Waals surface area contributed by atoms with E-state index in [1.54, 1.807) is 11.3 Å². The van der Waals surface area contributed by atoms with Crippen molar-refractivity contribution >= 4 is 52.1 Å². The number of thiophene rings is 1. The molecule has 0 spiro atoms. The Hall–Kier alpha value is -0.150. The van der Waals surface area contributed by atoms with Gasteiger partial charge in [0.15, 0.2) is 5.96 Å². The van der Waals surface area contributed by atoms with E-state index in [9.17, 15) is 4.21 Å². The van der Waals surface area contributed by atoms with E-state index in [1.807, 2.05) is 27.8 Å². The van der Waals surface area contributed by atoms with Gasteiger partial charge in [-0.05, 0) is 50.1 Å². The number of guanidine groups is 1. The second-order valence-corrected chi connectivity index (χ2v) is 8.99. The molecule has 128 valence electrons. The molecule has 1 aromatic rings. The van der Waals surface area contributed by atoms with Crippen molar-refractivity contribution in [1.82, 2.24) is 10.2 Å². The van der Waals surface area contributed by atoms with Gasteiger partial charge < -0.3 is 10.2 Å². The first-order valence-electron chi connectivity index (χ1n) is 7.23. The summed E-state index contributed by atoms with van der Waals surface area (Å²) in [6.45, 7) is 10.3. The third-order valence-electron chi connectivity index (χ3n) is 2.92. The quantitative estimate of drug-likeness (QED) is 0.405. The summed E-state index contributed by atoms with van der Waals surface area (Å²) in [5.41, 5.74) is 1.28. The van der Waals surface area contributed by atoms with Gasteiger partial charge in [0, 0.05) is 41.4 Å². The maximum atomic E-state index is 12.0. The minimum Gasteiger partial charge on any atom is -0.357 e. The summed E-state index contributed by atoms with van der Waals surface area (Å²) >= 11 is 1.70. The molecule has 1 rings (SSSR count). The molecule has 22 heavy (non-hydrogen) atoms. The standard InChI is InChI=1S/C15H27N3OS2.HI/c1-6-16-14(17-8-10-21(19)15(2,3)4)18(5)11-13-7-9-20-12-13;/h7,9,12H,6,8,10-11H2,1-5H3,(H,16,17);1H. The Balaban J connectivity index is 0.00000441. The van der Waals surface area contributed by atoms with E-state index in [-0.39, 0.29) is 28.7 Å². The van der Waals surface area contributed by atoms with Crippen molar-refractivity contribution in [2.75, 3.05) is 25.9 Å². The third kappa shape index (κ3) is 7.92. The van der Waals surface area contributed by atoms with Gasteiger partial charge in [0.1, 0.15) is 0 Å². The Morgan fingerprint density at radius 3 is 2.64 bits per heavy atom. The SMILES string of the molecule is CCNC(=NCCS(=O)C(C)(C)C)N(C)Cc1ccsc1.I. The van der Waals surface area contributed by atoms with Crippen LogP contribution in [-0.2, 0) is 17.3 Å². The second-order valence-electron chi connectivity index (χ2n) is 5.89. The molecule has 1 aromatic heterocycles. The molecule has 0 radical (unpaired) electrons. The molecule has 0 saturated heterocycles. The number of rotatable bonds is 6. The summed E-state index contributed by atoms with van der Waals surface area (Å²) in [5.74, 6) is 1.47. The fourth-order valence-corrected chi connectivity index (χ4v) is 3.27. The summed E-state index contributed by atoms with van der Waals surface area (Å²) in [4.78, 5) is 6.69. The van der Waals surface area contributed by atoms with Crippen molar-refractivity contribution in [1.29, 1.82) is 0 Å². The first-order chi connectivity index (χ1) is 9.84. The van der Waals surface area contributed by atoms with E-state index in [2.05, 4.69) is 39.0 Å². The number of halogens is 1. The zero-order valence-corrected chi connectivity index (χ0v) is 18.1. The van der Waals surface area contributed by atoms with Gasteiger partial charge >= 0.3 is 0 Å². The molecule has 0 fully saturated rings.